The fraction of sp³-hybridized carbons (Fsp3) is 0.545. The average molecular weight is 403 g/mol. The summed E-state index contributed by atoms with van der Waals surface area (Å²) >= 11 is 0. The standard InChI is InChI=1S/C22H30N2O3S/c1-4-17-9-11-18(12-10-17)22-24-20(16(3)27-22)13-28(26)14-21(25)23-19-8-6-5-7-15(19)2/h9-12,15,19H,4-8,13-14H2,1-3H3,(H,23,25)/t15-,19-,28+/m0/s1. The highest BCUT2D eigenvalue weighted by atomic mass is 32.2. The maximum absolute atomic E-state index is 12.5. The Hall–Kier alpha value is -1.95. The van der Waals surface area contributed by atoms with Crippen LogP contribution in [-0.2, 0) is 27.8 Å². The Morgan fingerprint density at radius 3 is 2.64 bits per heavy atom. The molecule has 0 spiro atoms. The van der Waals surface area contributed by atoms with Crippen molar-refractivity contribution in [3.8, 4) is 11.5 Å². The summed E-state index contributed by atoms with van der Waals surface area (Å²) in [6.07, 6.45) is 5.53. The van der Waals surface area contributed by atoms with Crippen LogP contribution in [0.3, 0.4) is 0 Å². The molecule has 1 aromatic carbocycles. The summed E-state index contributed by atoms with van der Waals surface area (Å²) in [6, 6.07) is 8.31. The summed E-state index contributed by atoms with van der Waals surface area (Å²) in [5.74, 6) is 1.79. The second-order valence-corrected chi connectivity index (χ2v) is 9.19. The van der Waals surface area contributed by atoms with Gasteiger partial charge in [-0.25, -0.2) is 4.98 Å². The molecule has 1 heterocycles. The van der Waals surface area contributed by atoms with Crippen LogP contribution in [0.2, 0.25) is 0 Å². The minimum absolute atomic E-state index is 0.00997. The van der Waals surface area contributed by atoms with Gasteiger partial charge in [0.2, 0.25) is 11.8 Å². The van der Waals surface area contributed by atoms with Crippen molar-refractivity contribution in [2.45, 2.75) is 64.7 Å². The molecule has 28 heavy (non-hydrogen) atoms. The lowest BCUT2D eigenvalue weighted by Crippen LogP contribution is -2.42. The number of nitrogens with zero attached hydrogens (tertiary/aromatic N) is 1. The number of benzene rings is 1. The molecule has 0 radical (unpaired) electrons. The number of carbonyl (C=O) groups excluding carboxylic acids is 1. The van der Waals surface area contributed by atoms with E-state index in [1.165, 1.54) is 12.0 Å². The molecule has 1 fully saturated rings. The number of aromatic nitrogens is 1. The molecule has 0 aliphatic heterocycles. The molecule has 0 bridgehead atoms. The highest BCUT2D eigenvalue weighted by Gasteiger charge is 2.24. The highest BCUT2D eigenvalue weighted by molar-refractivity contribution is 7.84. The van der Waals surface area contributed by atoms with E-state index in [4.69, 9.17) is 4.42 Å². The molecule has 3 atom stereocenters. The summed E-state index contributed by atoms with van der Waals surface area (Å²) in [4.78, 5) is 16.8. The summed E-state index contributed by atoms with van der Waals surface area (Å²) in [5.41, 5.74) is 2.82. The number of amides is 1. The molecule has 5 nitrogen and oxygen atoms in total. The van der Waals surface area contributed by atoms with E-state index in [-0.39, 0.29) is 23.5 Å². The van der Waals surface area contributed by atoms with Crippen molar-refractivity contribution < 1.29 is 13.4 Å². The third-order valence-corrected chi connectivity index (χ3v) is 6.73. The first-order valence-corrected chi connectivity index (χ1v) is 11.6. The van der Waals surface area contributed by atoms with Crippen LogP contribution in [0.25, 0.3) is 11.5 Å². The van der Waals surface area contributed by atoms with Crippen molar-refractivity contribution in [1.82, 2.24) is 10.3 Å². The molecule has 1 aromatic heterocycles. The van der Waals surface area contributed by atoms with E-state index in [9.17, 15) is 9.00 Å². The van der Waals surface area contributed by atoms with E-state index >= 15 is 0 Å². The number of rotatable bonds is 7. The minimum Gasteiger partial charge on any atom is -0.441 e. The normalized spacial score (nSPS) is 20.7. The molecule has 1 saturated carbocycles. The fourth-order valence-electron chi connectivity index (χ4n) is 3.70. The van der Waals surface area contributed by atoms with Crippen molar-refractivity contribution in [3.05, 3.63) is 41.3 Å². The first kappa shape index (κ1) is 20.8. The zero-order valence-corrected chi connectivity index (χ0v) is 17.8. The van der Waals surface area contributed by atoms with Gasteiger partial charge in [0, 0.05) is 22.4 Å². The van der Waals surface area contributed by atoms with E-state index in [0.717, 1.165) is 31.2 Å². The van der Waals surface area contributed by atoms with Gasteiger partial charge in [-0.3, -0.25) is 9.00 Å². The van der Waals surface area contributed by atoms with Gasteiger partial charge in [0.15, 0.2) is 0 Å². The van der Waals surface area contributed by atoms with Gasteiger partial charge in [0.1, 0.15) is 11.5 Å². The van der Waals surface area contributed by atoms with E-state index in [1.54, 1.807) is 0 Å². The molecule has 152 valence electrons. The lowest BCUT2D eigenvalue weighted by molar-refractivity contribution is -0.119. The van der Waals surface area contributed by atoms with E-state index in [0.29, 0.717) is 23.3 Å². The minimum atomic E-state index is -1.31. The van der Waals surface area contributed by atoms with Crippen LogP contribution in [-0.4, -0.2) is 26.9 Å². The van der Waals surface area contributed by atoms with Gasteiger partial charge in [0.05, 0.1) is 11.4 Å². The molecule has 1 amide bonds. The molecule has 6 heteroatoms. The molecule has 0 saturated heterocycles. The molecular formula is C22H30N2O3S. The van der Waals surface area contributed by atoms with Crippen molar-refractivity contribution in [2.75, 3.05) is 5.75 Å². The molecular weight excluding hydrogens is 372 g/mol. The number of oxazole rings is 1. The Bertz CT molecular complexity index is 829. The van der Waals surface area contributed by atoms with E-state index in [2.05, 4.69) is 36.3 Å². The van der Waals surface area contributed by atoms with Crippen LogP contribution in [0.15, 0.2) is 28.7 Å². The van der Waals surface area contributed by atoms with E-state index < -0.39 is 10.8 Å². The van der Waals surface area contributed by atoms with Gasteiger partial charge in [0.25, 0.3) is 0 Å². The van der Waals surface area contributed by atoms with Crippen LogP contribution >= 0.6 is 0 Å². The second-order valence-electron chi connectivity index (χ2n) is 7.74. The van der Waals surface area contributed by atoms with Crippen molar-refractivity contribution >= 4 is 16.7 Å². The largest absolute Gasteiger partial charge is 0.441 e. The van der Waals surface area contributed by atoms with Crippen molar-refractivity contribution in [3.63, 3.8) is 0 Å². The number of nitrogens with one attached hydrogen (secondary N) is 1. The quantitative estimate of drug-likeness (QED) is 0.755. The van der Waals surface area contributed by atoms with Crippen LogP contribution < -0.4 is 5.32 Å². The van der Waals surface area contributed by atoms with Gasteiger partial charge in [-0.1, -0.05) is 38.8 Å². The van der Waals surface area contributed by atoms with Gasteiger partial charge < -0.3 is 9.73 Å². The third-order valence-electron chi connectivity index (χ3n) is 5.55. The Balaban J connectivity index is 1.57. The molecule has 1 aliphatic carbocycles. The fourth-order valence-corrected chi connectivity index (χ4v) is 4.75. The predicted octanol–water partition coefficient (Wildman–Crippen LogP) is 4.16. The lowest BCUT2D eigenvalue weighted by atomic mass is 9.86. The Morgan fingerprint density at radius 2 is 1.96 bits per heavy atom. The first-order valence-electron chi connectivity index (χ1n) is 10.2. The van der Waals surface area contributed by atoms with Gasteiger partial charge in [-0.2, -0.15) is 0 Å². The Labute approximate surface area is 169 Å². The first-order chi connectivity index (χ1) is 13.5. The number of aryl methyl sites for hydroxylation is 2. The molecule has 0 unspecified atom stereocenters. The summed E-state index contributed by atoms with van der Waals surface area (Å²) in [6.45, 7) is 6.12. The molecule has 1 aliphatic rings. The summed E-state index contributed by atoms with van der Waals surface area (Å²) < 4.78 is 18.3. The third kappa shape index (κ3) is 5.31. The second kappa shape index (κ2) is 9.50. The van der Waals surface area contributed by atoms with Crippen molar-refractivity contribution in [1.29, 1.82) is 0 Å². The van der Waals surface area contributed by atoms with Crippen LogP contribution in [0.4, 0.5) is 0 Å². The van der Waals surface area contributed by atoms with Crippen molar-refractivity contribution in [2.24, 2.45) is 5.92 Å². The van der Waals surface area contributed by atoms with Gasteiger partial charge >= 0.3 is 0 Å². The van der Waals surface area contributed by atoms with Gasteiger partial charge in [-0.05, 0) is 49.8 Å². The molecule has 2 aromatic rings. The SMILES string of the molecule is CCc1ccc(-c2nc(C[S@@](=O)CC(=O)N[C@H]3CCCC[C@@H]3C)c(C)o2)cc1. The Kier molecular flexibility index (Phi) is 7.05. The van der Waals surface area contributed by atoms with E-state index in [1.807, 2.05) is 19.1 Å². The average Bonchev–Trinajstić information content (AvgIpc) is 3.04. The maximum Gasteiger partial charge on any atom is 0.232 e. The number of hydrogen-bond acceptors (Lipinski definition) is 4. The zero-order valence-electron chi connectivity index (χ0n) is 17.0. The summed E-state index contributed by atoms with van der Waals surface area (Å²) in [7, 11) is -1.31. The maximum atomic E-state index is 12.5. The molecule has 3 rings (SSSR count). The zero-order chi connectivity index (χ0) is 20.1. The number of carbonyl (C=O) groups is 1. The monoisotopic (exact) mass is 402 g/mol. The van der Waals surface area contributed by atoms with Gasteiger partial charge in [-0.15, -0.1) is 0 Å². The predicted molar refractivity (Wildman–Crippen MR) is 112 cm³/mol. The molecule has 1 N–H and O–H groups in total. The topological polar surface area (TPSA) is 72.2 Å². The smallest absolute Gasteiger partial charge is 0.232 e. The van der Waals surface area contributed by atoms with Crippen LogP contribution in [0.5, 0.6) is 0 Å². The Morgan fingerprint density at radius 1 is 1.25 bits per heavy atom. The number of hydrogen-bond donors (Lipinski definition) is 1. The lowest BCUT2D eigenvalue weighted by Gasteiger charge is -2.29. The summed E-state index contributed by atoms with van der Waals surface area (Å²) in [5, 5.41) is 3.07. The van der Waals surface area contributed by atoms with Crippen LogP contribution in [0, 0.1) is 12.8 Å². The van der Waals surface area contributed by atoms with Crippen LogP contribution in [0.1, 0.15) is 56.5 Å². The highest BCUT2D eigenvalue weighted by Crippen LogP contribution is 2.24.